The molecule has 3 aromatic rings. The Morgan fingerprint density at radius 3 is 1.53 bits per heavy atom. The Kier molecular flexibility index (Phi) is 7.97. The van der Waals surface area contributed by atoms with Crippen molar-refractivity contribution < 1.29 is 22.7 Å². The molecule has 0 saturated carbocycles. The molecule has 0 fully saturated rings. The third-order valence-electron chi connectivity index (χ3n) is 4.65. The van der Waals surface area contributed by atoms with E-state index in [0.29, 0.717) is 42.2 Å². The van der Waals surface area contributed by atoms with Crippen LogP contribution in [-0.2, 0) is 26.4 Å². The summed E-state index contributed by atoms with van der Waals surface area (Å²) in [7, 11) is 1.55. The minimum absolute atomic E-state index is 0.501. The third kappa shape index (κ3) is 4.98. The highest BCUT2D eigenvalue weighted by molar-refractivity contribution is 7.85. The minimum Gasteiger partial charge on any atom is -0.497 e. The van der Waals surface area contributed by atoms with Crippen LogP contribution in [0.3, 0.4) is 0 Å². The minimum atomic E-state index is -1.52. The van der Waals surface area contributed by atoms with Gasteiger partial charge in [-0.2, -0.15) is 0 Å². The molecule has 0 saturated heterocycles. The van der Waals surface area contributed by atoms with Gasteiger partial charge in [0.2, 0.25) is 0 Å². The Hall–Kier alpha value is -3.23. The number of oxime groups is 1. The maximum atomic E-state index is 13.4. The van der Waals surface area contributed by atoms with E-state index in [-0.39, 0.29) is 0 Å². The Bertz CT molecular complexity index is 1170. The molecule has 0 amide bonds. The predicted octanol–water partition coefficient (Wildman–Crippen LogP) is 4.66. The fourth-order valence-electron chi connectivity index (χ4n) is 3.02. The summed E-state index contributed by atoms with van der Waals surface area (Å²) in [5.74, 6) is 1.34. The Morgan fingerprint density at radius 2 is 1.16 bits per heavy atom. The van der Waals surface area contributed by atoms with E-state index >= 15 is 0 Å². The molecular weight excluding hydrogens is 446 g/mol. The second kappa shape index (κ2) is 10.9. The molecule has 0 aromatic heterocycles. The van der Waals surface area contributed by atoms with Gasteiger partial charge in [-0.1, -0.05) is 17.8 Å². The number of hydrogen-bond donors (Lipinski definition) is 0. The largest absolute Gasteiger partial charge is 0.497 e. The van der Waals surface area contributed by atoms with Gasteiger partial charge in [-0.3, -0.25) is 0 Å². The number of methoxy groups -OCH3 is 2. The highest BCUT2D eigenvalue weighted by Crippen LogP contribution is 2.30. The summed E-state index contributed by atoms with van der Waals surface area (Å²) < 4.78 is 37.0. The molecule has 0 aliphatic carbocycles. The molecule has 0 radical (unpaired) electrons. The smallest absolute Gasteiger partial charge is 0.118 e. The van der Waals surface area contributed by atoms with Gasteiger partial charge in [0.15, 0.2) is 0 Å². The van der Waals surface area contributed by atoms with E-state index in [2.05, 4.69) is 11.7 Å². The van der Waals surface area contributed by atoms with Gasteiger partial charge in [0, 0.05) is 20.9 Å². The zero-order valence-corrected chi connectivity index (χ0v) is 19.6. The fourth-order valence-corrected chi connectivity index (χ4v) is 5.43. The highest BCUT2D eigenvalue weighted by Gasteiger charge is 2.20. The molecule has 0 aliphatic rings. The maximum Gasteiger partial charge on any atom is 0.118 e. The van der Waals surface area contributed by atoms with Gasteiger partial charge < -0.3 is 14.3 Å². The summed E-state index contributed by atoms with van der Waals surface area (Å²) in [5.41, 5.74) is 1.09. The van der Waals surface area contributed by atoms with Crippen LogP contribution in [0.15, 0.2) is 92.0 Å². The Labute approximate surface area is 192 Å². The molecule has 32 heavy (non-hydrogen) atoms. The topological polar surface area (TPSA) is 74.2 Å². The van der Waals surface area contributed by atoms with Crippen LogP contribution in [0.4, 0.5) is 0 Å². The Balaban J connectivity index is 2.11. The summed E-state index contributed by atoms with van der Waals surface area (Å²) in [6.07, 6.45) is 3.05. The molecule has 3 aromatic carbocycles. The second-order valence-corrected chi connectivity index (χ2v) is 9.30. The summed E-state index contributed by atoms with van der Waals surface area (Å²) in [6, 6.07) is 17.4. The van der Waals surface area contributed by atoms with Crippen LogP contribution in [-0.4, -0.2) is 36.0 Å². The molecule has 8 heteroatoms. The zero-order valence-electron chi connectivity index (χ0n) is 17.9. The van der Waals surface area contributed by atoms with Crippen molar-refractivity contribution in [2.45, 2.75) is 19.6 Å². The van der Waals surface area contributed by atoms with Crippen LogP contribution < -0.4 is 9.47 Å². The van der Waals surface area contributed by atoms with E-state index in [9.17, 15) is 8.42 Å². The van der Waals surface area contributed by atoms with Crippen LogP contribution >= 0.6 is 0 Å². The monoisotopic (exact) mass is 469 g/mol. The van der Waals surface area contributed by atoms with E-state index in [1.807, 2.05) is 0 Å². The fraction of sp³-hybridized carbons (Fsp3) is 0.125. The molecule has 0 heterocycles. The van der Waals surface area contributed by atoms with Gasteiger partial charge in [-0.15, -0.1) is 0 Å². The zero-order chi connectivity index (χ0) is 23.1. The van der Waals surface area contributed by atoms with Crippen molar-refractivity contribution >= 4 is 33.9 Å². The van der Waals surface area contributed by atoms with E-state index in [1.165, 1.54) is 13.3 Å². The van der Waals surface area contributed by atoms with Gasteiger partial charge in [0.1, 0.15) is 18.6 Å². The normalized spacial score (nSPS) is 12.8. The van der Waals surface area contributed by atoms with Gasteiger partial charge in [-0.05, 0) is 60.7 Å². The average molecular weight is 470 g/mol. The van der Waals surface area contributed by atoms with Crippen LogP contribution in [0.2, 0.25) is 0 Å². The third-order valence-corrected chi connectivity index (χ3v) is 7.56. The molecule has 6 nitrogen and oxygen atoms in total. The van der Waals surface area contributed by atoms with Crippen molar-refractivity contribution in [1.29, 1.82) is 0 Å². The Morgan fingerprint density at radius 1 is 0.719 bits per heavy atom. The number of rotatable bonds is 9. The number of hydrogen-bond acceptors (Lipinski definition) is 6. The molecule has 166 valence electrons. The standard InChI is InChI=1S/C24H23NO5S2/c1-5-21-22(16-25-30-4)24(32(27)20-12-8-18(29-3)9-13-20)15-14-23(21)31(26)19-10-6-17(28-2)7-11-19/h5-16H,1H2,2-4H3/b25-16+. The molecule has 0 bridgehead atoms. The van der Waals surface area contributed by atoms with Crippen LogP contribution in [0, 0.1) is 0 Å². The van der Waals surface area contributed by atoms with Crippen LogP contribution in [0.5, 0.6) is 11.5 Å². The second-order valence-electron chi connectivity index (χ2n) is 6.40. The summed E-state index contributed by atoms with van der Waals surface area (Å²) >= 11 is 0. The first-order valence-electron chi connectivity index (χ1n) is 9.51. The van der Waals surface area contributed by atoms with Gasteiger partial charge in [0.25, 0.3) is 0 Å². The first-order valence-corrected chi connectivity index (χ1v) is 11.8. The summed E-state index contributed by atoms with van der Waals surface area (Å²) in [4.78, 5) is 7.08. The van der Waals surface area contributed by atoms with Gasteiger partial charge in [-0.25, -0.2) is 8.42 Å². The van der Waals surface area contributed by atoms with Gasteiger partial charge in [0.05, 0.1) is 51.8 Å². The molecule has 0 aliphatic heterocycles. The van der Waals surface area contributed by atoms with E-state index in [1.54, 1.807) is 81.0 Å². The summed E-state index contributed by atoms with van der Waals surface area (Å²) in [5, 5.41) is 3.87. The molecular formula is C24H23NO5S2. The van der Waals surface area contributed by atoms with Crippen molar-refractivity contribution in [2.75, 3.05) is 21.3 Å². The summed E-state index contributed by atoms with van der Waals surface area (Å²) in [6.45, 7) is 3.89. The number of ether oxygens (including phenoxy) is 2. The van der Waals surface area contributed by atoms with Crippen molar-refractivity contribution in [3.05, 3.63) is 78.4 Å². The van der Waals surface area contributed by atoms with E-state index in [0.717, 1.165) is 0 Å². The van der Waals surface area contributed by atoms with E-state index in [4.69, 9.17) is 14.3 Å². The van der Waals surface area contributed by atoms with Crippen molar-refractivity contribution in [3.63, 3.8) is 0 Å². The van der Waals surface area contributed by atoms with E-state index < -0.39 is 21.6 Å². The lowest BCUT2D eigenvalue weighted by atomic mass is 10.1. The lowest BCUT2D eigenvalue weighted by Crippen LogP contribution is -2.05. The van der Waals surface area contributed by atoms with Gasteiger partial charge >= 0.3 is 0 Å². The van der Waals surface area contributed by atoms with Crippen LogP contribution in [0.1, 0.15) is 11.1 Å². The van der Waals surface area contributed by atoms with Crippen LogP contribution in [0.25, 0.3) is 6.08 Å². The maximum absolute atomic E-state index is 13.4. The first kappa shape index (κ1) is 23.4. The number of nitrogens with zero attached hydrogens (tertiary/aromatic N) is 1. The molecule has 0 N–H and O–H groups in total. The van der Waals surface area contributed by atoms with Crippen molar-refractivity contribution in [3.8, 4) is 11.5 Å². The lowest BCUT2D eigenvalue weighted by Gasteiger charge is -2.14. The van der Waals surface area contributed by atoms with Crippen molar-refractivity contribution in [2.24, 2.45) is 5.16 Å². The average Bonchev–Trinajstić information content (AvgIpc) is 2.86. The molecule has 0 spiro atoms. The quantitative estimate of drug-likeness (QED) is 0.337. The SMILES string of the molecule is C=Cc1c(S(=O)c2ccc(OC)cc2)ccc(S(=O)c2ccc(OC)cc2)c1/C=N/OC. The predicted molar refractivity (Wildman–Crippen MR) is 126 cm³/mol. The molecule has 3 rings (SSSR count). The lowest BCUT2D eigenvalue weighted by molar-refractivity contribution is 0.215. The van der Waals surface area contributed by atoms with Crippen molar-refractivity contribution in [1.82, 2.24) is 0 Å². The highest BCUT2D eigenvalue weighted by atomic mass is 32.2. The number of benzene rings is 3. The first-order chi connectivity index (χ1) is 15.5. The molecule has 2 unspecified atom stereocenters. The molecule has 2 atom stereocenters.